The number of aliphatic hydroxyl groups is 1. The first-order valence-electron chi connectivity index (χ1n) is 21.0. The average Bonchev–Trinajstić information content (AvgIpc) is 3.68. The number of anilines is 2. The van der Waals surface area contributed by atoms with Crippen LogP contribution in [0, 0.1) is 25.5 Å². The van der Waals surface area contributed by atoms with Gasteiger partial charge in [0.25, 0.3) is 5.91 Å². The molecule has 5 amide bonds. The van der Waals surface area contributed by atoms with Gasteiger partial charge >= 0.3 is 6.03 Å². The lowest BCUT2D eigenvalue weighted by Crippen LogP contribution is -2.49. The van der Waals surface area contributed by atoms with Crippen LogP contribution in [-0.2, 0) is 34.7 Å². The van der Waals surface area contributed by atoms with Crippen molar-refractivity contribution in [1.29, 1.82) is 0 Å². The summed E-state index contributed by atoms with van der Waals surface area (Å²) in [7, 11) is 2.05. The Hall–Kier alpha value is -6.64. The van der Waals surface area contributed by atoms with Crippen molar-refractivity contribution in [2.45, 2.75) is 78.5 Å². The maximum atomic E-state index is 15.2. The molecule has 1 fully saturated rings. The Morgan fingerprint density at radius 3 is 2.44 bits per heavy atom. The number of allylic oxidation sites excluding steroid dienone is 1. The molecule has 1 aromatic heterocycles. The molecule has 0 spiro atoms. The fourth-order valence-corrected chi connectivity index (χ4v) is 7.88. The predicted octanol–water partition coefficient (Wildman–Crippen LogP) is 7.98. The second-order valence-electron chi connectivity index (χ2n) is 16.8. The summed E-state index contributed by atoms with van der Waals surface area (Å²) in [4.78, 5) is 62.6. The molecule has 4 N–H and O–H groups in total. The predicted molar refractivity (Wildman–Crippen MR) is 238 cm³/mol. The molecule has 2 aliphatic rings. The second-order valence-corrected chi connectivity index (χ2v) is 16.8. The number of rotatable bonds is 15. The largest absolute Gasteiger partial charge is 0.386 e. The summed E-state index contributed by atoms with van der Waals surface area (Å²) in [5.41, 5.74) is 7.77. The van der Waals surface area contributed by atoms with Crippen LogP contribution >= 0.6 is 0 Å². The molecule has 5 aromatic rings. The monoisotopic (exact) mass is 855 g/mol. The maximum Gasteiger partial charge on any atom is 0.328 e. The first kappa shape index (κ1) is 44.4. The van der Waals surface area contributed by atoms with Crippen LogP contribution in [0.1, 0.15) is 94.5 Å². The number of amides is 5. The number of nitrogens with one attached hydrogen (secondary N) is 3. The summed E-state index contributed by atoms with van der Waals surface area (Å²) in [6.07, 6.45) is 6.25. The summed E-state index contributed by atoms with van der Waals surface area (Å²) >= 11 is 0. The molecule has 12 nitrogen and oxygen atoms in total. The average molecular weight is 856 g/mol. The number of urea groups is 1. The van der Waals surface area contributed by atoms with Gasteiger partial charge < -0.3 is 20.6 Å². The molecule has 14 heteroatoms. The Bertz CT molecular complexity index is 2620. The van der Waals surface area contributed by atoms with Crippen molar-refractivity contribution < 1.29 is 33.1 Å². The van der Waals surface area contributed by atoms with Crippen molar-refractivity contribution in [2.75, 3.05) is 30.4 Å². The van der Waals surface area contributed by atoms with Crippen LogP contribution in [0.25, 0.3) is 22.9 Å². The number of hydrogen-bond donors (Lipinski definition) is 4. The van der Waals surface area contributed by atoms with Crippen molar-refractivity contribution in [3.05, 3.63) is 141 Å². The number of halogens is 2. The van der Waals surface area contributed by atoms with Crippen molar-refractivity contribution in [3.63, 3.8) is 0 Å². The lowest BCUT2D eigenvalue weighted by molar-refractivity contribution is -0.121. The highest BCUT2D eigenvalue weighted by Crippen LogP contribution is 2.38. The van der Waals surface area contributed by atoms with Gasteiger partial charge in [-0.1, -0.05) is 42.5 Å². The number of benzene rings is 4. The molecule has 0 saturated carbocycles. The molecular formula is C49H51F2N7O5. The number of fused-ring (bicyclic) bond motifs is 1. The molecule has 0 unspecified atom stereocenters. The Morgan fingerprint density at radius 2 is 1.71 bits per heavy atom. The fourth-order valence-electron chi connectivity index (χ4n) is 7.88. The first-order chi connectivity index (χ1) is 30.0. The van der Waals surface area contributed by atoms with Crippen molar-refractivity contribution >= 4 is 46.8 Å². The van der Waals surface area contributed by atoms with Gasteiger partial charge in [0.2, 0.25) is 11.8 Å². The quantitative estimate of drug-likeness (QED) is 0.0773. The van der Waals surface area contributed by atoms with E-state index in [1.165, 1.54) is 44.4 Å². The van der Waals surface area contributed by atoms with Crippen LogP contribution in [0.5, 0.6) is 0 Å². The van der Waals surface area contributed by atoms with E-state index in [0.717, 1.165) is 76.8 Å². The number of carbonyl (C=O) groups is 4. The van der Waals surface area contributed by atoms with Crippen molar-refractivity contribution in [2.24, 2.45) is 0 Å². The maximum absolute atomic E-state index is 15.2. The molecule has 326 valence electrons. The topological polar surface area (TPSA) is 157 Å². The highest BCUT2D eigenvalue weighted by molar-refractivity contribution is 6.06. The summed E-state index contributed by atoms with van der Waals surface area (Å²) in [6, 6.07) is 20.1. The van der Waals surface area contributed by atoms with Crippen LogP contribution in [-0.4, -0.2) is 63.9 Å². The fraction of sp³-hybridized carbons (Fsp3) is 0.306. The van der Waals surface area contributed by atoms with Gasteiger partial charge in [0.05, 0.1) is 22.6 Å². The highest BCUT2D eigenvalue weighted by Gasteiger charge is 2.27. The van der Waals surface area contributed by atoms with E-state index >= 15 is 4.39 Å². The molecule has 7 rings (SSSR count). The number of nitrogens with zero attached hydrogens (tertiary/aromatic N) is 4. The van der Waals surface area contributed by atoms with Gasteiger partial charge in [-0.2, -0.15) is 0 Å². The van der Waals surface area contributed by atoms with E-state index in [4.69, 9.17) is 0 Å². The zero-order valence-electron chi connectivity index (χ0n) is 36.1. The Morgan fingerprint density at radius 1 is 0.952 bits per heavy atom. The lowest BCUT2D eigenvalue weighted by atomic mass is 9.96. The Labute approximate surface area is 365 Å². The minimum Gasteiger partial charge on any atom is -0.386 e. The van der Waals surface area contributed by atoms with Crippen molar-refractivity contribution in [1.82, 2.24) is 25.5 Å². The van der Waals surface area contributed by atoms with Crippen molar-refractivity contribution in [3.8, 4) is 11.3 Å². The normalized spacial score (nSPS) is 13.8. The summed E-state index contributed by atoms with van der Waals surface area (Å²) in [5, 5.41) is 18.2. The number of aryl methyl sites for hydroxylation is 1. The lowest BCUT2D eigenvalue weighted by Gasteiger charge is -2.28. The minimum atomic E-state index is -1.29. The molecule has 1 aliphatic carbocycles. The Kier molecular flexibility index (Phi) is 13.2. The number of imide groups is 1. The van der Waals surface area contributed by atoms with Gasteiger partial charge in [0, 0.05) is 61.4 Å². The molecule has 1 aliphatic heterocycles. The van der Waals surface area contributed by atoms with Crippen LogP contribution in [0.4, 0.5) is 25.0 Å². The summed E-state index contributed by atoms with van der Waals surface area (Å²) in [6.45, 7) is 8.90. The van der Waals surface area contributed by atoms with Gasteiger partial charge in [-0.3, -0.25) is 24.6 Å². The highest BCUT2D eigenvalue weighted by atomic mass is 19.1. The van der Waals surface area contributed by atoms with E-state index in [9.17, 15) is 28.7 Å². The van der Waals surface area contributed by atoms with Crippen LogP contribution < -0.4 is 20.9 Å². The van der Waals surface area contributed by atoms with Gasteiger partial charge in [-0.05, 0) is 129 Å². The molecule has 2 heterocycles. The first-order valence-corrected chi connectivity index (χ1v) is 21.0. The van der Waals surface area contributed by atoms with Gasteiger partial charge in [0.15, 0.2) is 0 Å². The number of unbranched alkanes of at least 4 members (excludes halogenated alkanes) is 1. The third kappa shape index (κ3) is 10.5. The standard InChI is InChI=1S/C49H51F2N7O5/c1-29-9-10-32(20-43(29)58-19-17-45(60)56-48(58)62)26-52-44(59)8-6-7-18-57(5)27-31-11-13-33(14-12-31)34-21-39-42(22-34)53-28-54-46(39)38-24-36(50)25-41(30(38)2)55-47(61)37-16-15-35(23-40(37)51)49(3,4)63/h9-16,20-21,23-25,28,63H,6-8,17-19,22,26-27H2,1-5H3,(H,52,59)(H,55,61)(H,56,60,62). The molecule has 63 heavy (non-hydrogen) atoms. The van der Waals surface area contributed by atoms with Gasteiger partial charge in [-0.15, -0.1) is 0 Å². The van der Waals surface area contributed by atoms with E-state index < -0.39 is 29.2 Å². The molecule has 1 saturated heterocycles. The SMILES string of the molecule is Cc1ccc(CNC(=O)CCCCN(C)Cc2ccc(C3=Cc4c(ncnc4-c4cc(F)cc(NC(=O)c5ccc(C(C)(C)O)cc5F)c4C)C3)cc2)cc1N1CCC(=O)NC1=O. The number of aromatic nitrogens is 2. The zero-order chi connectivity index (χ0) is 45.0. The zero-order valence-corrected chi connectivity index (χ0v) is 36.1. The molecule has 0 radical (unpaired) electrons. The van der Waals surface area contributed by atoms with E-state index in [2.05, 4.69) is 62.1 Å². The molecule has 4 aromatic carbocycles. The van der Waals surface area contributed by atoms with Crippen LogP contribution in [0.2, 0.25) is 0 Å². The van der Waals surface area contributed by atoms with Crippen LogP contribution in [0.3, 0.4) is 0 Å². The summed E-state index contributed by atoms with van der Waals surface area (Å²) in [5.74, 6) is -2.47. The number of carbonyl (C=O) groups excluding carboxylic acids is 4. The van der Waals surface area contributed by atoms with Gasteiger partial charge in [-0.25, -0.2) is 23.5 Å². The van der Waals surface area contributed by atoms with Crippen LogP contribution in [0.15, 0.2) is 79.1 Å². The number of hydrogen-bond acceptors (Lipinski definition) is 8. The van der Waals surface area contributed by atoms with E-state index in [-0.39, 0.29) is 29.5 Å². The smallest absolute Gasteiger partial charge is 0.328 e. The molecule has 0 atom stereocenters. The van der Waals surface area contributed by atoms with E-state index in [1.54, 1.807) is 11.8 Å². The summed E-state index contributed by atoms with van der Waals surface area (Å²) < 4.78 is 30.1. The minimum absolute atomic E-state index is 0.0394. The third-order valence-corrected chi connectivity index (χ3v) is 11.5. The van der Waals surface area contributed by atoms with E-state index in [1.807, 2.05) is 31.2 Å². The van der Waals surface area contributed by atoms with E-state index in [0.29, 0.717) is 48.3 Å². The Balaban J connectivity index is 0.912. The second kappa shape index (κ2) is 18.8. The van der Waals surface area contributed by atoms with Gasteiger partial charge in [0.1, 0.15) is 18.0 Å². The third-order valence-electron chi connectivity index (χ3n) is 11.5. The molecule has 0 bridgehead atoms. The molecular weight excluding hydrogens is 805 g/mol.